The van der Waals surface area contributed by atoms with Crippen LogP contribution in [0, 0.1) is 5.92 Å². The van der Waals surface area contributed by atoms with E-state index in [1.54, 1.807) is 0 Å². The molecule has 0 radical (unpaired) electrons. The molecule has 1 heteroatoms. The van der Waals surface area contributed by atoms with Crippen molar-refractivity contribution < 1.29 is 0 Å². The third-order valence-corrected chi connectivity index (χ3v) is 2.93. The Hall–Kier alpha value is -0.0400. The molecule has 0 aromatic rings. The zero-order valence-electron chi connectivity index (χ0n) is 8.60. The van der Waals surface area contributed by atoms with Gasteiger partial charge in [-0.3, -0.25) is 0 Å². The second-order valence-electron chi connectivity index (χ2n) is 4.15. The Bertz CT molecular complexity index is 108. The maximum atomic E-state index is 3.42. The first-order valence-electron chi connectivity index (χ1n) is 5.54. The van der Waals surface area contributed by atoms with E-state index in [0.717, 1.165) is 12.0 Å². The summed E-state index contributed by atoms with van der Waals surface area (Å²) in [6, 6.07) is 0.797. The Morgan fingerprint density at radius 3 is 2.58 bits per heavy atom. The van der Waals surface area contributed by atoms with Gasteiger partial charge in [-0.25, -0.2) is 0 Å². The third-order valence-electron chi connectivity index (χ3n) is 2.93. The zero-order chi connectivity index (χ0) is 8.81. The van der Waals surface area contributed by atoms with Crippen LogP contribution in [0.3, 0.4) is 0 Å². The highest BCUT2D eigenvalue weighted by molar-refractivity contribution is 4.76. The normalized spacial score (nSPS) is 19.5. The van der Waals surface area contributed by atoms with Crippen molar-refractivity contribution in [1.82, 2.24) is 5.32 Å². The van der Waals surface area contributed by atoms with Crippen molar-refractivity contribution in [3.8, 4) is 0 Å². The first-order chi connectivity index (χ1) is 5.86. The Balaban J connectivity index is 1.98. The van der Waals surface area contributed by atoms with Crippen LogP contribution in [0.15, 0.2) is 0 Å². The summed E-state index contributed by atoms with van der Waals surface area (Å²) in [4.78, 5) is 0. The van der Waals surface area contributed by atoms with Gasteiger partial charge >= 0.3 is 0 Å². The summed E-state index contributed by atoms with van der Waals surface area (Å²) in [5.74, 6) is 1.10. The van der Waals surface area contributed by atoms with Gasteiger partial charge in [0.1, 0.15) is 0 Å². The number of rotatable bonds is 7. The van der Waals surface area contributed by atoms with Crippen molar-refractivity contribution in [2.75, 3.05) is 7.05 Å². The van der Waals surface area contributed by atoms with E-state index >= 15 is 0 Å². The lowest BCUT2D eigenvalue weighted by molar-refractivity contribution is 0.447. The molecule has 0 amide bonds. The summed E-state index contributed by atoms with van der Waals surface area (Å²) < 4.78 is 0. The molecule has 0 aliphatic heterocycles. The topological polar surface area (TPSA) is 12.0 Å². The van der Waals surface area contributed by atoms with Crippen LogP contribution >= 0.6 is 0 Å². The fourth-order valence-corrected chi connectivity index (χ4v) is 1.73. The molecule has 1 unspecified atom stereocenters. The molecule has 1 N–H and O–H groups in total. The summed E-state index contributed by atoms with van der Waals surface area (Å²) in [5, 5.41) is 3.42. The average Bonchev–Trinajstić information content (AvgIpc) is 2.89. The van der Waals surface area contributed by atoms with E-state index < -0.39 is 0 Å². The van der Waals surface area contributed by atoms with E-state index in [0.29, 0.717) is 0 Å². The molecule has 1 aliphatic rings. The molecule has 0 heterocycles. The Morgan fingerprint density at radius 2 is 2.08 bits per heavy atom. The van der Waals surface area contributed by atoms with Gasteiger partial charge in [-0.1, -0.05) is 32.6 Å². The highest BCUT2D eigenvalue weighted by atomic mass is 14.9. The first kappa shape index (κ1) is 10.0. The van der Waals surface area contributed by atoms with Gasteiger partial charge < -0.3 is 5.32 Å². The van der Waals surface area contributed by atoms with Crippen LogP contribution in [-0.4, -0.2) is 13.1 Å². The molecular weight excluding hydrogens is 146 g/mol. The van der Waals surface area contributed by atoms with Crippen LogP contribution < -0.4 is 5.32 Å². The number of unbranched alkanes of at least 4 members (excludes halogenated alkanes) is 1. The average molecular weight is 169 g/mol. The maximum Gasteiger partial charge on any atom is 0.00641 e. The fraction of sp³-hybridized carbons (Fsp3) is 1.00. The van der Waals surface area contributed by atoms with Gasteiger partial charge in [0.05, 0.1) is 0 Å². The Kier molecular flexibility index (Phi) is 4.67. The van der Waals surface area contributed by atoms with Crippen molar-refractivity contribution >= 4 is 0 Å². The Morgan fingerprint density at radius 1 is 1.33 bits per heavy atom. The molecule has 1 saturated carbocycles. The van der Waals surface area contributed by atoms with Crippen LogP contribution in [0.1, 0.15) is 51.9 Å². The van der Waals surface area contributed by atoms with Crippen molar-refractivity contribution in [1.29, 1.82) is 0 Å². The van der Waals surface area contributed by atoms with Crippen molar-refractivity contribution in [2.45, 2.75) is 57.9 Å². The predicted molar refractivity (Wildman–Crippen MR) is 54.3 cm³/mol. The molecule has 0 saturated heterocycles. The van der Waals surface area contributed by atoms with Crippen LogP contribution in [0.25, 0.3) is 0 Å². The van der Waals surface area contributed by atoms with E-state index in [4.69, 9.17) is 0 Å². The number of hydrogen-bond acceptors (Lipinski definition) is 1. The van der Waals surface area contributed by atoms with E-state index in [1.807, 2.05) is 0 Å². The molecule has 12 heavy (non-hydrogen) atoms. The largest absolute Gasteiger partial charge is 0.317 e. The molecule has 72 valence electrons. The molecule has 1 rings (SSSR count). The van der Waals surface area contributed by atoms with Gasteiger partial charge in [0.2, 0.25) is 0 Å². The molecule has 0 aromatic carbocycles. The van der Waals surface area contributed by atoms with Crippen molar-refractivity contribution in [3.05, 3.63) is 0 Å². The van der Waals surface area contributed by atoms with E-state index in [2.05, 4.69) is 19.3 Å². The SMILES string of the molecule is CCCCC(CCC1CC1)NC. The predicted octanol–water partition coefficient (Wildman–Crippen LogP) is 2.95. The summed E-state index contributed by atoms with van der Waals surface area (Å²) >= 11 is 0. The van der Waals surface area contributed by atoms with Crippen molar-refractivity contribution in [2.24, 2.45) is 5.92 Å². The minimum Gasteiger partial charge on any atom is -0.317 e. The van der Waals surface area contributed by atoms with Crippen LogP contribution in [0.2, 0.25) is 0 Å². The van der Waals surface area contributed by atoms with Gasteiger partial charge in [0, 0.05) is 6.04 Å². The maximum absolute atomic E-state index is 3.42. The summed E-state index contributed by atoms with van der Waals surface area (Å²) in [6.07, 6.45) is 9.97. The van der Waals surface area contributed by atoms with Gasteiger partial charge in [0.25, 0.3) is 0 Å². The minimum absolute atomic E-state index is 0.797. The third kappa shape index (κ3) is 4.10. The van der Waals surface area contributed by atoms with Crippen LogP contribution in [-0.2, 0) is 0 Å². The van der Waals surface area contributed by atoms with Gasteiger partial charge in [0.15, 0.2) is 0 Å². The van der Waals surface area contributed by atoms with Crippen LogP contribution in [0.5, 0.6) is 0 Å². The lowest BCUT2D eigenvalue weighted by Gasteiger charge is -2.14. The molecule has 1 atom stereocenters. The monoisotopic (exact) mass is 169 g/mol. The Labute approximate surface area is 76.9 Å². The smallest absolute Gasteiger partial charge is 0.00641 e. The minimum atomic E-state index is 0.797. The van der Waals surface area contributed by atoms with E-state index in [9.17, 15) is 0 Å². The molecule has 1 nitrogen and oxygen atoms in total. The number of nitrogens with one attached hydrogen (secondary N) is 1. The van der Waals surface area contributed by atoms with Gasteiger partial charge in [-0.2, -0.15) is 0 Å². The zero-order valence-corrected chi connectivity index (χ0v) is 8.60. The summed E-state index contributed by atoms with van der Waals surface area (Å²) in [7, 11) is 2.10. The fourth-order valence-electron chi connectivity index (χ4n) is 1.73. The first-order valence-corrected chi connectivity index (χ1v) is 5.54. The van der Waals surface area contributed by atoms with Gasteiger partial charge in [-0.05, 0) is 32.2 Å². The van der Waals surface area contributed by atoms with E-state index in [-0.39, 0.29) is 0 Å². The van der Waals surface area contributed by atoms with Crippen LogP contribution in [0.4, 0.5) is 0 Å². The number of hydrogen-bond donors (Lipinski definition) is 1. The van der Waals surface area contributed by atoms with Crippen molar-refractivity contribution in [3.63, 3.8) is 0 Å². The molecule has 0 spiro atoms. The molecule has 0 aromatic heterocycles. The highest BCUT2D eigenvalue weighted by Crippen LogP contribution is 2.34. The second-order valence-corrected chi connectivity index (χ2v) is 4.15. The molecule has 0 bridgehead atoms. The lowest BCUT2D eigenvalue weighted by atomic mass is 10.0. The standard InChI is InChI=1S/C11H23N/c1-3-4-5-11(12-2)9-8-10-6-7-10/h10-12H,3-9H2,1-2H3. The summed E-state index contributed by atoms with van der Waals surface area (Å²) in [5.41, 5.74) is 0. The van der Waals surface area contributed by atoms with E-state index in [1.165, 1.54) is 44.9 Å². The molecular formula is C11H23N. The quantitative estimate of drug-likeness (QED) is 0.618. The summed E-state index contributed by atoms with van der Waals surface area (Å²) in [6.45, 7) is 2.27. The highest BCUT2D eigenvalue weighted by Gasteiger charge is 2.21. The van der Waals surface area contributed by atoms with Gasteiger partial charge in [-0.15, -0.1) is 0 Å². The lowest BCUT2D eigenvalue weighted by Crippen LogP contribution is -2.24. The molecule has 1 fully saturated rings. The molecule has 1 aliphatic carbocycles. The second kappa shape index (κ2) is 5.58.